The number of oxime groups is 2. The van der Waals surface area contributed by atoms with Crippen molar-refractivity contribution in [3.05, 3.63) is 177 Å². The number of rotatable bonds is 18. The van der Waals surface area contributed by atoms with E-state index in [1.54, 1.807) is 68.4 Å². The van der Waals surface area contributed by atoms with Crippen molar-refractivity contribution in [3.8, 4) is 11.5 Å². The molecule has 8 rings (SSSR count). The first-order valence-electron chi connectivity index (χ1n) is 21.9. The Hall–Kier alpha value is -8.68. The van der Waals surface area contributed by atoms with Gasteiger partial charge in [-0.15, -0.1) is 0 Å². The number of aromatic nitrogens is 4. The number of methoxy groups -OCH3 is 1. The molecule has 2 aliphatic rings. The summed E-state index contributed by atoms with van der Waals surface area (Å²) >= 11 is 0. The SMILES string of the molecule is COc1cc(CNC(=O)c2cc(C3=NOC(c4ccc(C(=O)OCCCOc5cc(CNC(=O)c6cc(C7=NOC(c8ccc(C(N)=O)cc8)C7)nc(C)n6)ccc5F)cc4)C3)nc(C)n2)ccc1F. The Morgan fingerprint density at radius 1 is 0.643 bits per heavy atom. The number of aryl methyl sites for hydroxylation is 2. The zero-order valence-corrected chi connectivity index (χ0v) is 38.0. The molecule has 2 unspecified atom stereocenters. The highest BCUT2D eigenvalue weighted by Crippen LogP contribution is 2.31. The summed E-state index contributed by atoms with van der Waals surface area (Å²) in [5.74, 6) is -2.40. The van der Waals surface area contributed by atoms with Gasteiger partial charge in [0.2, 0.25) is 5.91 Å². The molecule has 0 saturated carbocycles. The fourth-order valence-electron chi connectivity index (χ4n) is 7.39. The lowest BCUT2D eigenvalue weighted by Gasteiger charge is -2.11. The van der Waals surface area contributed by atoms with Gasteiger partial charge in [0, 0.05) is 37.9 Å². The number of hydrogen-bond donors (Lipinski definition) is 3. The molecule has 0 spiro atoms. The Morgan fingerprint density at radius 2 is 1.13 bits per heavy atom. The third kappa shape index (κ3) is 11.7. The van der Waals surface area contributed by atoms with E-state index >= 15 is 0 Å². The number of hydrogen-bond acceptors (Lipinski definition) is 15. The summed E-state index contributed by atoms with van der Waals surface area (Å²) < 4.78 is 44.6. The van der Waals surface area contributed by atoms with Crippen LogP contribution >= 0.6 is 0 Å². The van der Waals surface area contributed by atoms with Gasteiger partial charge in [-0.2, -0.15) is 0 Å². The molecule has 3 amide bonds. The fourth-order valence-corrected chi connectivity index (χ4v) is 7.39. The van der Waals surface area contributed by atoms with Gasteiger partial charge in [-0.3, -0.25) is 14.4 Å². The van der Waals surface area contributed by atoms with E-state index in [1.165, 1.54) is 49.6 Å². The molecule has 4 heterocycles. The van der Waals surface area contributed by atoms with Gasteiger partial charge in [-0.1, -0.05) is 46.7 Å². The first-order chi connectivity index (χ1) is 33.8. The number of carbonyl (C=O) groups excluding carboxylic acids is 4. The van der Waals surface area contributed by atoms with Crippen LogP contribution in [-0.4, -0.2) is 75.4 Å². The quantitative estimate of drug-likeness (QED) is 0.0618. The average Bonchev–Trinajstić information content (AvgIpc) is 4.08. The smallest absolute Gasteiger partial charge is 0.338 e. The van der Waals surface area contributed by atoms with Crippen LogP contribution in [0.2, 0.25) is 0 Å². The molecule has 0 saturated heterocycles. The summed E-state index contributed by atoms with van der Waals surface area (Å²) in [4.78, 5) is 79.3. The minimum absolute atomic E-state index is 0.00380. The van der Waals surface area contributed by atoms with Gasteiger partial charge < -0.3 is 40.3 Å². The van der Waals surface area contributed by atoms with Crippen molar-refractivity contribution in [2.75, 3.05) is 20.3 Å². The van der Waals surface area contributed by atoms with Crippen molar-refractivity contribution in [2.45, 2.75) is 58.4 Å². The van der Waals surface area contributed by atoms with Gasteiger partial charge in [0.25, 0.3) is 11.8 Å². The van der Waals surface area contributed by atoms with Crippen LogP contribution in [0.1, 0.15) is 118 Å². The number of nitrogens with two attached hydrogens (primary N) is 1. The third-order valence-corrected chi connectivity index (χ3v) is 11.1. The molecule has 6 aromatic rings. The lowest BCUT2D eigenvalue weighted by Crippen LogP contribution is -2.25. The lowest BCUT2D eigenvalue weighted by molar-refractivity contribution is 0.0484. The normalized spacial score (nSPS) is 14.9. The zero-order chi connectivity index (χ0) is 49.3. The molecule has 0 radical (unpaired) electrons. The molecule has 2 aromatic heterocycles. The van der Waals surface area contributed by atoms with Crippen LogP contribution in [0.25, 0.3) is 0 Å². The fraction of sp³-hybridized carbons (Fsp3) is 0.240. The lowest BCUT2D eigenvalue weighted by atomic mass is 10.0. The first-order valence-corrected chi connectivity index (χ1v) is 21.9. The Kier molecular flexibility index (Phi) is 14.7. The van der Waals surface area contributed by atoms with Crippen molar-refractivity contribution in [3.63, 3.8) is 0 Å². The molecule has 4 N–H and O–H groups in total. The highest BCUT2D eigenvalue weighted by molar-refractivity contribution is 6.03. The van der Waals surface area contributed by atoms with Crippen LogP contribution in [0.4, 0.5) is 8.78 Å². The van der Waals surface area contributed by atoms with E-state index < -0.39 is 47.5 Å². The predicted molar refractivity (Wildman–Crippen MR) is 247 cm³/mol. The van der Waals surface area contributed by atoms with Crippen LogP contribution in [0.15, 0.2) is 107 Å². The molecule has 0 aliphatic carbocycles. The minimum Gasteiger partial charge on any atom is -0.494 e. The van der Waals surface area contributed by atoms with Crippen molar-refractivity contribution in [1.82, 2.24) is 30.6 Å². The number of esters is 1. The maximum absolute atomic E-state index is 14.7. The largest absolute Gasteiger partial charge is 0.494 e. The van der Waals surface area contributed by atoms with E-state index in [0.29, 0.717) is 69.6 Å². The highest BCUT2D eigenvalue weighted by Gasteiger charge is 2.28. The molecule has 18 nitrogen and oxygen atoms in total. The van der Waals surface area contributed by atoms with E-state index in [4.69, 9.17) is 29.6 Å². The molecule has 4 aromatic carbocycles. The van der Waals surface area contributed by atoms with Crippen LogP contribution < -0.4 is 25.8 Å². The van der Waals surface area contributed by atoms with Crippen molar-refractivity contribution < 1.29 is 51.8 Å². The van der Waals surface area contributed by atoms with Crippen molar-refractivity contribution in [1.29, 1.82) is 0 Å². The van der Waals surface area contributed by atoms with Gasteiger partial charge in [-0.25, -0.2) is 33.5 Å². The zero-order valence-electron chi connectivity index (χ0n) is 38.0. The van der Waals surface area contributed by atoms with Gasteiger partial charge in [0.15, 0.2) is 35.3 Å². The molecule has 70 heavy (non-hydrogen) atoms. The van der Waals surface area contributed by atoms with E-state index in [1.807, 2.05) is 0 Å². The van der Waals surface area contributed by atoms with Crippen molar-refractivity contribution >= 4 is 35.1 Å². The highest BCUT2D eigenvalue weighted by atomic mass is 19.1. The Morgan fingerprint density at radius 3 is 1.63 bits per heavy atom. The molecule has 2 atom stereocenters. The number of amides is 3. The molecule has 20 heteroatoms. The number of ether oxygens (including phenoxy) is 3. The van der Waals surface area contributed by atoms with Crippen LogP contribution in [0.3, 0.4) is 0 Å². The number of benzene rings is 4. The third-order valence-electron chi connectivity index (χ3n) is 11.1. The predicted octanol–water partition coefficient (Wildman–Crippen LogP) is 6.49. The molecule has 358 valence electrons. The van der Waals surface area contributed by atoms with Crippen LogP contribution in [-0.2, 0) is 27.5 Å². The first kappa shape index (κ1) is 47.8. The molecule has 2 aliphatic heterocycles. The second-order valence-corrected chi connectivity index (χ2v) is 16.1. The van der Waals surface area contributed by atoms with Gasteiger partial charge in [-0.05, 0) is 96.8 Å². The second-order valence-electron chi connectivity index (χ2n) is 16.1. The number of nitrogens with one attached hydrogen (secondary N) is 2. The van der Waals surface area contributed by atoms with Crippen LogP contribution in [0, 0.1) is 25.5 Å². The molecule has 0 bridgehead atoms. The summed E-state index contributed by atoms with van der Waals surface area (Å²) in [6.07, 6.45) is 0.0942. The number of halogens is 2. The van der Waals surface area contributed by atoms with Crippen molar-refractivity contribution in [2.24, 2.45) is 16.0 Å². The standard InChI is InChI=1S/C50H45F2N9O9/c1-27-57-38(21-41(58-27)48(63)54-25-29-5-15-35(51)45(19-29)66-3)40-24-44(70-61-40)32-9-13-34(14-10-32)50(65)68-18-4-17-67-46-20-30(6-16-36(46)52)26-55-49(64)42-22-37(56-28(2)59-42)39-23-43(69-60-39)31-7-11-33(12-8-31)47(53)62/h5-16,19-22,43-44H,4,17-18,23-26H2,1-3H3,(H2,53,62)(H,54,63)(H,55,64). The van der Waals surface area contributed by atoms with Gasteiger partial charge in [0.05, 0.1) is 37.3 Å². The summed E-state index contributed by atoms with van der Waals surface area (Å²) in [6.45, 7) is 3.52. The molecular formula is C50H45F2N9O9. The summed E-state index contributed by atoms with van der Waals surface area (Å²) in [6, 6.07) is 25.0. The van der Waals surface area contributed by atoms with Gasteiger partial charge in [0.1, 0.15) is 34.5 Å². The second kappa shape index (κ2) is 21.5. The molecule has 0 fully saturated rings. The average molecular weight is 954 g/mol. The Bertz CT molecular complexity index is 3020. The van der Waals surface area contributed by atoms with E-state index in [0.717, 1.165) is 11.1 Å². The minimum atomic E-state index is -0.602. The van der Waals surface area contributed by atoms with Crippen LogP contribution in [0.5, 0.6) is 11.5 Å². The number of primary amides is 1. The summed E-state index contributed by atoms with van der Waals surface area (Å²) in [5, 5.41) is 14.0. The van der Waals surface area contributed by atoms with E-state index in [2.05, 4.69) is 40.9 Å². The maximum atomic E-state index is 14.7. The summed E-state index contributed by atoms with van der Waals surface area (Å²) in [5.41, 5.74) is 10.9. The maximum Gasteiger partial charge on any atom is 0.338 e. The number of carbonyl (C=O) groups is 4. The summed E-state index contributed by atoms with van der Waals surface area (Å²) in [7, 11) is 1.36. The Labute approximate surface area is 399 Å². The van der Waals surface area contributed by atoms with E-state index in [-0.39, 0.29) is 55.6 Å². The monoisotopic (exact) mass is 953 g/mol. The topological polar surface area (TPSA) is 241 Å². The van der Waals surface area contributed by atoms with E-state index in [9.17, 15) is 28.0 Å². The van der Waals surface area contributed by atoms with Gasteiger partial charge >= 0.3 is 5.97 Å². The molecular weight excluding hydrogens is 909 g/mol. The Balaban J connectivity index is 0.763. The number of nitrogens with zero attached hydrogens (tertiary/aromatic N) is 6.